The van der Waals surface area contributed by atoms with Crippen molar-refractivity contribution in [1.82, 2.24) is 50.3 Å². The Morgan fingerprint density at radius 2 is 1.25 bits per heavy atom. The van der Waals surface area contributed by atoms with Gasteiger partial charge < -0.3 is 49.7 Å². The summed E-state index contributed by atoms with van der Waals surface area (Å²) in [4.78, 5) is 80.8. The summed E-state index contributed by atoms with van der Waals surface area (Å²) in [6.45, 7) is 4.35. The second-order valence-corrected chi connectivity index (χ2v) is 14.8. The molecule has 0 radical (unpaired) electrons. The molecule has 4 amide bonds. The number of imidazole rings is 2. The molecule has 6 rings (SSSR count). The number of rotatable bonds is 13. The van der Waals surface area contributed by atoms with Crippen molar-refractivity contribution in [2.45, 2.75) is 75.9 Å². The topological polar surface area (TPSA) is 230 Å². The summed E-state index contributed by atoms with van der Waals surface area (Å²) in [7, 11) is 4.16. The van der Waals surface area contributed by atoms with Crippen LogP contribution in [-0.4, -0.2) is 128 Å². The molecule has 1 unspecified atom stereocenters. The summed E-state index contributed by atoms with van der Waals surface area (Å²) in [6, 6.07) is -2.63. The number of carboxylic acid groups (broad SMARTS) is 1. The molecule has 2 aliphatic heterocycles. The van der Waals surface area contributed by atoms with Crippen LogP contribution in [0.25, 0.3) is 31.2 Å². The van der Waals surface area contributed by atoms with E-state index in [2.05, 4.69) is 30.6 Å². The highest BCUT2D eigenvalue weighted by molar-refractivity contribution is 7.24. The van der Waals surface area contributed by atoms with Crippen LogP contribution in [0, 0.1) is 0 Å². The molecule has 4 aromatic heterocycles. The Kier molecular flexibility index (Phi) is 11.7. The third kappa shape index (κ3) is 8.04. The molecule has 6 heterocycles. The van der Waals surface area contributed by atoms with E-state index in [9.17, 15) is 24.3 Å². The number of hydrogen-bond donors (Lipinski definition) is 5. The third-order valence-corrected chi connectivity index (χ3v) is 11.8. The second-order valence-electron chi connectivity index (χ2n) is 12.7. The smallest absolute Gasteiger partial charge is 0.407 e. The normalized spacial score (nSPS) is 19.5. The molecular formula is C33H42N10O8S2. The van der Waals surface area contributed by atoms with Gasteiger partial charge in [0.25, 0.3) is 0 Å². The number of nitrogens with one attached hydrogen (secondary N) is 4. The minimum Gasteiger partial charge on any atom is -0.465 e. The summed E-state index contributed by atoms with van der Waals surface area (Å²) in [5.41, 5.74) is 1.27. The fourth-order valence-corrected chi connectivity index (χ4v) is 8.40. The fourth-order valence-electron chi connectivity index (χ4n) is 6.58. The van der Waals surface area contributed by atoms with E-state index in [-0.39, 0.29) is 23.9 Å². The largest absolute Gasteiger partial charge is 0.465 e. The Morgan fingerprint density at radius 3 is 1.66 bits per heavy atom. The Hall–Kier alpha value is -4.92. The predicted molar refractivity (Wildman–Crippen MR) is 193 cm³/mol. The monoisotopic (exact) mass is 770 g/mol. The lowest BCUT2D eigenvalue weighted by Gasteiger charge is -2.30. The molecule has 0 saturated carbocycles. The van der Waals surface area contributed by atoms with Crippen LogP contribution >= 0.6 is 22.7 Å². The molecular weight excluding hydrogens is 729 g/mol. The molecule has 0 aromatic carbocycles. The van der Waals surface area contributed by atoms with Gasteiger partial charge in [-0.15, -0.1) is 22.7 Å². The molecule has 5 N–H and O–H groups in total. The molecule has 0 bridgehead atoms. The number of carbonyl (C=O) groups excluding carboxylic acids is 3. The highest BCUT2D eigenvalue weighted by Crippen LogP contribution is 2.39. The number of H-pyrrole nitrogens is 2. The van der Waals surface area contributed by atoms with Gasteiger partial charge in [0.15, 0.2) is 0 Å². The Labute approximate surface area is 312 Å². The molecule has 2 saturated heterocycles. The van der Waals surface area contributed by atoms with E-state index in [1.165, 1.54) is 44.0 Å². The number of amides is 4. The van der Waals surface area contributed by atoms with Gasteiger partial charge in [-0.05, 0) is 39.5 Å². The van der Waals surface area contributed by atoms with Crippen molar-refractivity contribution >= 4 is 46.7 Å². The van der Waals surface area contributed by atoms with Crippen LogP contribution in [0.3, 0.4) is 0 Å². The zero-order valence-electron chi connectivity index (χ0n) is 29.8. The molecule has 0 spiro atoms. The average molecular weight is 771 g/mol. The van der Waals surface area contributed by atoms with Crippen LogP contribution < -0.4 is 10.6 Å². The molecule has 284 valence electrons. The van der Waals surface area contributed by atoms with Crippen LogP contribution in [0.4, 0.5) is 9.59 Å². The van der Waals surface area contributed by atoms with Gasteiger partial charge in [0.05, 0.1) is 41.2 Å². The van der Waals surface area contributed by atoms with E-state index < -0.39 is 36.5 Å². The molecule has 20 heteroatoms. The SMILES string of the molecule is COC(=O)N[C@H](C(=O)N1CCC[C@H]1c1nc(-c2ncc(-c3cnc(-c4c[nH]c([C@@H]5CCCN5C(=O)[C@@H](NC(=O)O)[C@@H](C)OC)n4)s3)s2)c[nH]1)C(C)OC. The summed E-state index contributed by atoms with van der Waals surface area (Å²) in [5, 5.41) is 15.6. The maximum absolute atomic E-state index is 13.6. The van der Waals surface area contributed by atoms with Crippen molar-refractivity contribution < 1.29 is 38.5 Å². The fraction of sp³-hybridized carbons (Fsp3) is 0.515. The van der Waals surface area contributed by atoms with Gasteiger partial charge in [-0.2, -0.15) is 0 Å². The van der Waals surface area contributed by atoms with Crippen molar-refractivity contribution in [3.8, 4) is 31.2 Å². The van der Waals surface area contributed by atoms with Gasteiger partial charge in [0.1, 0.15) is 45.1 Å². The number of aromatic amines is 2. The zero-order valence-corrected chi connectivity index (χ0v) is 31.5. The van der Waals surface area contributed by atoms with Crippen LogP contribution in [0.2, 0.25) is 0 Å². The number of alkyl carbamates (subject to hydrolysis) is 1. The third-order valence-electron chi connectivity index (χ3n) is 9.54. The average Bonchev–Trinajstić information content (AvgIpc) is 3.99. The van der Waals surface area contributed by atoms with Crippen LogP contribution in [-0.2, 0) is 23.8 Å². The first-order valence-electron chi connectivity index (χ1n) is 17.1. The first-order valence-corrected chi connectivity index (χ1v) is 18.7. The first kappa shape index (κ1) is 37.8. The standard InChI is InChI=1S/C33H42N10O8S2/c1-16(49-3)24(40-32(46)47)30(44)42-10-6-8-20(42)26-34-12-18(38-26)28-36-14-22(52-28)23-15-37-29(53-23)19-13-35-27(39-19)21-9-7-11-43(21)31(45)25(17(2)50-4)41-33(48)51-5/h12-17,20-21,24-25,40H,6-11H2,1-5H3,(H,34,38)(H,35,39)(H,41,48)(H,46,47)/t16-,17?,20+,21+,24+,25+/m1/s1. The number of hydrogen-bond acceptors (Lipinski definition) is 13. The molecule has 2 aliphatic rings. The van der Waals surface area contributed by atoms with Gasteiger partial charge in [0, 0.05) is 52.1 Å². The van der Waals surface area contributed by atoms with Crippen LogP contribution in [0.1, 0.15) is 63.3 Å². The van der Waals surface area contributed by atoms with Gasteiger partial charge in [-0.25, -0.2) is 29.5 Å². The highest BCUT2D eigenvalue weighted by Gasteiger charge is 2.40. The van der Waals surface area contributed by atoms with E-state index in [0.717, 1.165) is 22.6 Å². The molecule has 2 fully saturated rings. The van der Waals surface area contributed by atoms with E-state index >= 15 is 0 Å². The molecule has 53 heavy (non-hydrogen) atoms. The van der Waals surface area contributed by atoms with E-state index in [4.69, 9.17) is 24.2 Å². The Balaban J connectivity index is 1.14. The number of likely N-dealkylation sites (tertiary alicyclic amines) is 2. The van der Waals surface area contributed by atoms with Gasteiger partial charge in [0.2, 0.25) is 11.8 Å². The Morgan fingerprint density at radius 1 is 0.792 bits per heavy atom. The van der Waals surface area contributed by atoms with Crippen LogP contribution in [0.5, 0.6) is 0 Å². The predicted octanol–water partition coefficient (Wildman–Crippen LogP) is 3.80. The van der Waals surface area contributed by atoms with E-state index in [1.807, 2.05) is 0 Å². The van der Waals surface area contributed by atoms with E-state index in [1.54, 1.807) is 48.4 Å². The van der Waals surface area contributed by atoms with Gasteiger partial charge in [-0.1, -0.05) is 0 Å². The Bertz CT molecular complexity index is 1930. The lowest BCUT2D eigenvalue weighted by atomic mass is 10.1. The summed E-state index contributed by atoms with van der Waals surface area (Å²) >= 11 is 2.91. The maximum atomic E-state index is 13.6. The summed E-state index contributed by atoms with van der Waals surface area (Å²) in [6.07, 6.45) is 6.74. The van der Waals surface area contributed by atoms with Gasteiger partial charge in [-0.3, -0.25) is 9.59 Å². The lowest BCUT2D eigenvalue weighted by molar-refractivity contribution is -0.138. The molecule has 0 aliphatic carbocycles. The number of carbonyl (C=O) groups is 4. The number of aromatic nitrogens is 6. The minimum absolute atomic E-state index is 0.279. The van der Waals surface area contributed by atoms with Crippen molar-refractivity contribution in [2.24, 2.45) is 0 Å². The first-order chi connectivity index (χ1) is 25.5. The number of ether oxygens (including phenoxy) is 3. The van der Waals surface area contributed by atoms with Crippen molar-refractivity contribution in [2.75, 3.05) is 34.4 Å². The minimum atomic E-state index is -1.30. The van der Waals surface area contributed by atoms with Crippen molar-refractivity contribution in [3.63, 3.8) is 0 Å². The zero-order chi connectivity index (χ0) is 37.8. The number of nitrogens with zero attached hydrogens (tertiary/aromatic N) is 6. The van der Waals surface area contributed by atoms with Gasteiger partial charge >= 0.3 is 12.2 Å². The number of thiazole rings is 2. The molecule has 4 aromatic rings. The van der Waals surface area contributed by atoms with Crippen molar-refractivity contribution in [1.29, 1.82) is 0 Å². The quantitative estimate of drug-likeness (QED) is 0.131. The second kappa shape index (κ2) is 16.4. The van der Waals surface area contributed by atoms with E-state index in [0.29, 0.717) is 59.0 Å². The lowest BCUT2D eigenvalue weighted by Crippen LogP contribution is -2.54. The highest BCUT2D eigenvalue weighted by atomic mass is 32.1. The number of methoxy groups -OCH3 is 3. The maximum Gasteiger partial charge on any atom is 0.407 e. The van der Waals surface area contributed by atoms with Crippen LogP contribution in [0.15, 0.2) is 24.8 Å². The molecule has 6 atom stereocenters. The van der Waals surface area contributed by atoms with Crippen molar-refractivity contribution in [3.05, 3.63) is 36.4 Å². The summed E-state index contributed by atoms with van der Waals surface area (Å²) < 4.78 is 15.4. The summed E-state index contributed by atoms with van der Waals surface area (Å²) in [5.74, 6) is 0.584. The molecule has 18 nitrogen and oxygen atoms in total.